The molecular weight excluding hydrogens is 408 g/mol. The van der Waals surface area contributed by atoms with Crippen LogP contribution in [0, 0.1) is 6.92 Å². The summed E-state index contributed by atoms with van der Waals surface area (Å²) in [5.41, 5.74) is 1.99. The maximum atomic E-state index is 12.0. The first-order valence-electron chi connectivity index (χ1n) is 7.63. The topological polar surface area (TPSA) is 77.6 Å². The number of anilines is 1. The van der Waals surface area contributed by atoms with Gasteiger partial charge in [0, 0.05) is 17.1 Å². The van der Waals surface area contributed by atoms with Gasteiger partial charge in [-0.15, -0.1) is 5.10 Å². The average Bonchev–Trinajstić information content (AvgIpc) is 3.13. The maximum Gasteiger partial charge on any atom is 0.248 e. The van der Waals surface area contributed by atoms with E-state index < -0.39 is 0 Å². The molecule has 2 aromatic heterocycles. The fourth-order valence-electron chi connectivity index (χ4n) is 2.29. The Kier molecular flexibility index (Phi) is 5.50. The number of nitrogens with one attached hydrogen (secondary N) is 1. The van der Waals surface area contributed by atoms with Crippen molar-refractivity contribution in [3.05, 3.63) is 57.5 Å². The van der Waals surface area contributed by atoms with Crippen LogP contribution in [-0.2, 0) is 17.9 Å². The number of hydrogen-bond acceptors (Lipinski definition) is 4. The van der Waals surface area contributed by atoms with Gasteiger partial charge in [0.05, 0.1) is 23.8 Å². The summed E-state index contributed by atoms with van der Waals surface area (Å²) in [6.07, 6.45) is 3.58. The average molecular weight is 424 g/mol. The van der Waals surface area contributed by atoms with E-state index in [2.05, 4.69) is 36.4 Å². The molecule has 1 aromatic carbocycles. The fraction of sp³-hybridized carbons (Fsp3) is 0.250. The highest BCUT2D eigenvalue weighted by Gasteiger charge is 2.09. The number of amides is 1. The Morgan fingerprint density at radius 1 is 1.40 bits per heavy atom. The minimum Gasteiger partial charge on any atom is -0.293 e. The molecular formula is C16H16BrClN6O. The van der Waals surface area contributed by atoms with E-state index in [1.54, 1.807) is 21.9 Å². The van der Waals surface area contributed by atoms with Gasteiger partial charge in [-0.25, -0.2) is 9.67 Å². The highest BCUT2D eigenvalue weighted by atomic mass is 79.9. The highest BCUT2D eigenvalue weighted by Crippen LogP contribution is 2.15. The molecule has 0 aliphatic heterocycles. The third-order valence-electron chi connectivity index (χ3n) is 3.62. The predicted octanol–water partition coefficient (Wildman–Crippen LogP) is 3.28. The number of carbonyl (C=O) groups is 1. The third kappa shape index (κ3) is 4.67. The summed E-state index contributed by atoms with van der Waals surface area (Å²) in [5.74, 6) is 0.122. The van der Waals surface area contributed by atoms with Crippen LogP contribution in [0.3, 0.4) is 0 Å². The summed E-state index contributed by atoms with van der Waals surface area (Å²) >= 11 is 9.37. The van der Waals surface area contributed by atoms with Crippen molar-refractivity contribution in [1.82, 2.24) is 24.5 Å². The summed E-state index contributed by atoms with van der Waals surface area (Å²) < 4.78 is 4.35. The Morgan fingerprint density at radius 2 is 2.24 bits per heavy atom. The molecule has 1 N–H and O–H groups in total. The van der Waals surface area contributed by atoms with Crippen LogP contribution >= 0.6 is 27.5 Å². The molecule has 0 saturated heterocycles. The molecule has 0 unspecified atom stereocenters. The Hall–Kier alpha value is -2.19. The van der Waals surface area contributed by atoms with Crippen molar-refractivity contribution in [3.8, 4) is 0 Å². The largest absolute Gasteiger partial charge is 0.293 e. The normalized spacial score (nSPS) is 10.8. The first kappa shape index (κ1) is 17.6. The zero-order valence-electron chi connectivity index (χ0n) is 13.5. The van der Waals surface area contributed by atoms with Crippen LogP contribution in [0.15, 0.2) is 41.3 Å². The smallest absolute Gasteiger partial charge is 0.248 e. The SMILES string of the molecule is Cc1c(Br)cnn1CCC(=O)Nc1ncn(Cc2cccc(Cl)c2)n1. The molecule has 7 nitrogen and oxygen atoms in total. The quantitative estimate of drug-likeness (QED) is 0.660. The van der Waals surface area contributed by atoms with Gasteiger partial charge in [0.2, 0.25) is 11.9 Å². The summed E-state index contributed by atoms with van der Waals surface area (Å²) in [7, 11) is 0. The monoisotopic (exact) mass is 422 g/mol. The molecule has 130 valence electrons. The molecule has 2 heterocycles. The second-order valence-corrected chi connectivity index (χ2v) is 6.79. The number of aryl methyl sites for hydroxylation is 1. The second kappa shape index (κ2) is 7.79. The molecule has 0 atom stereocenters. The lowest BCUT2D eigenvalue weighted by atomic mass is 10.2. The number of aromatic nitrogens is 5. The lowest BCUT2D eigenvalue weighted by molar-refractivity contribution is -0.116. The number of carbonyl (C=O) groups excluding carboxylic acids is 1. The van der Waals surface area contributed by atoms with E-state index in [0.717, 1.165) is 15.7 Å². The van der Waals surface area contributed by atoms with Crippen LogP contribution < -0.4 is 5.32 Å². The van der Waals surface area contributed by atoms with Crippen molar-refractivity contribution < 1.29 is 4.79 Å². The molecule has 0 fully saturated rings. The van der Waals surface area contributed by atoms with E-state index in [-0.39, 0.29) is 18.3 Å². The van der Waals surface area contributed by atoms with Crippen LogP contribution in [0.5, 0.6) is 0 Å². The van der Waals surface area contributed by atoms with Gasteiger partial charge in [-0.05, 0) is 40.5 Å². The van der Waals surface area contributed by atoms with Gasteiger partial charge in [-0.3, -0.25) is 14.8 Å². The van der Waals surface area contributed by atoms with E-state index in [1.807, 2.05) is 31.2 Å². The molecule has 1 amide bonds. The van der Waals surface area contributed by atoms with Crippen LogP contribution in [0.25, 0.3) is 0 Å². The molecule has 25 heavy (non-hydrogen) atoms. The van der Waals surface area contributed by atoms with Gasteiger partial charge < -0.3 is 0 Å². The van der Waals surface area contributed by atoms with Crippen LogP contribution in [0.4, 0.5) is 5.95 Å². The number of nitrogens with zero attached hydrogens (tertiary/aromatic N) is 5. The summed E-state index contributed by atoms with van der Waals surface area (Å²) in [4.78, 5) is 16.2. The van der Waals surface area contributed by atoms with Gasteiger partial charge >= 0.3 is 0 Å². The number of halogens is 2. The van der Waals surface area contributed by atoms with Gasteiger partial charge in [0.1, 0.15) is 6.33 Å². The summed E-state index contributed by atoms with van der Waals surface area (Å²) in [6.45, 7) is 2.96. The Balaban J connectivity index is 1.54. The Labute approximate surface area is 158 Å². The van der Waals surface area contributed by atoms with E-state index in [4.69, 9.17) is 11.6 Å². The van der Waals surface area contributed by atoms with E-state index in [9.17, 15) is 4.79 Å². The zero-order chi connectivity index (χ0) is 17.8. The van der Waals surface area contributed by atoms with Crippen LogP contribution in [-0.4, -0.2) is 30.5 Å². The molecule has 9 heteroatoms. The van der Waals surface area contributed by atoms with Crippen LogP contribution in [0.2, 0.25) is 5.02 Å². The Bertz CT molecular complexity index is 890. The Morgan fingerprint density at radius 3 is 2.96 bits per heavy atom. The van der Waals surface area contributed by atoms with E-state index in [0.29, 0.717) is 18.1 Å². The predicted molar refractivity (Wildman–Crippen MR) is 98.5 cm³/mol. The first-order chi connectivity index (χ1) is 12.0. The van der Waals surface area contributed by atoms with Crippen LogP contribution in [0.1, 0.15) is 17.7 Å². The minimum absolute atomic E-state index is 0.161. The van der Waals surface area contributed by atoms with Gasteiger partial charge in [0.25, 0.3) is 0 Å². The molecule has 3 rings (SSSR count). The number of rotatable bonds is 6. The van der Waals surface area contributed by atoms with Crippen molar-refractivity contribution in [2.45, 2.75) is 26.4 Å². The van der Waals surface area contributed by atoms with Crippen molar-refractivity contribution in [1.29, 1.82) is 0 Å². The summed E-state index contributed by atoms with van der Waals surface area (Å²) in [6, 6.07) is 7.52. The minimum atomic E-state index is -0.161. The van der Waals surface area contributed by atoms with Crippen molar-refractivity contribution in [2.75, 3.05) is 5.32 Å². The van der Waals surface area contributed by atoms with E-state index in [1.165, 1.54) is 0 Å². The maximum absolute atomic E-state index is 12.0. The fourth-order valence-corrected chi connectivity index (χ4v) is 2.80. The van der Waals surface area contributed by atoms with Crippen molar-refractivity contribution >= 4 is 39.4 Å². The number of benzene rings is 1. The third-order valence-corrected chi connectivity index (χ3v) is 4.63. The van der Waals surface area contributed by atoms with Gasteiger partial charge in [-0.1, -0.05) is 23.7 Å². The van der Waals surface area contributed by atoms with E-state index >= 15 is 0 Å². The zero-order valence-corrected chi connectivity index (χ0v) is 15.8. The van der Waals surface area contributed by atoms with Crippen molar-refractivity contribution in [2.24, 2.45) is 0 Å². The number of hydrogen-bond donors (Lipinski definition) is 1. The van der Waals surface area contributed by atoms with Gasteiger partial charge in [-0.2, -0.15) is 5.10 Å². The van der Waals surface area contributed by atoms with Crippen molar-refractivity contribution in [3.63, 3.8) is 0 Å². The standard InChI is InChI=1S/C16H16BrClN6O/c1-11-14(17)8-20-24(11)6-5-15(25)21-16-19-10-23(22-16)9-12-3-2-4-13(18)7-12/h2-4,7-8,10H,5-6,9H2,1H3,(H,21,22,25). The molecule has 0 spiro atoms. The lowest BCUT2D eigenvalue weighted by Gasteiger charge is -2.04. The molecule has 0 radical (unpaired) electrons. The lowest BCUT2D eigenvalue weighted by Crippen LogP contribution is -2.16. The summed E-state index contributed by atoms with van der Waals surface area (Å²) in [5, 5.41) is 11.8. The first-order valence-corrected chi connectivity index (χ1v) is 8.80. The molecule has 0 bridgehead atoms. The molecule has 0 aliphatic carbocycles. The molecule has 3 aromatic rings. The molecule has 0 aliphatic rings. The van der Waals surface area contributed by atoms with Gasteiger partial charge in [0.15, 0.2) is 0 Å². The highest BCUT2D eigenvalue weighted by molar-refractivity contribution is 9.10. The second-order valence-electron chi connectivity index (χ2n) is 5.49. The molecule has 0 saturated carbocycles.